The first-order valence-electron chi connectivity index (χ1n) is 7.65. The summed E-state index contributed by atoms with van der Waals surface area (Å²) in [5.74, 6) is 0.630. The first-order chi connectivity index (χ1) is 11.0. The third-order valence-electron chi connectivity index (χ3n) is 4.01. The number of rotatable bonds is 4. The van der Waals surface area contributed by atoms with E-state index in [4.69, 9.17) is 0 Å². The highest BCUT2D eigenvalue weighted by Crippen LogP contribution is 2.33. The van der Waals surface area contributed by atoms with Crippen molar-refractivity contribution in [3.05, 3.63) is 26.9 Å². The molecule has 0 spiro atoms. The van der Waals surface area contributed by atoms with Gasteiger partial charge in [-0.25, -0.2) is 9.67 Å². The second-order valence-electron chi connectivity index (χ2n) is 5.58. The van der Waals surface area contributed by atoms with Crippen LogP contribution < -0.4 is 9.80 Å². The van der Waals surface area contributed by atoms with Crippen molar-refractivity contribution in [3.8, 4) is 0 Å². The van der Waals surface area contributed by atoms with Gasteiger partial charge in [-0.15, -0.1) is 11.3 Å². The molecule has 1 aliphatic heterocycles. The molecule has 8 nitrogen and oxygen atoms in total. The Kier molecular flexibility index (Phi) is 4.20. The molecule has 0 N–H and O–H groups in total. The lowest BCUT2D eigenvalue weighted by atomic mass is 10.3. The molecule has 0 atom stereocenters. The molecule has 23 heavy (non-hydrogen) atoms. The molecule has 9 heteroatoms. The lowest BCUT2D eigenvalue weighted by Crippen LogP contribution is -2.47. The molecule has 1 saturated heterocycles. The fourth-order valence-corrected chi connectivity index (χ4v) is 3.76. The second kappa shape index (κ2) is 6.15. The highest BCUT2D eigenvalue weighted by molar-refractivity contribution is 7.13. The predicted octanol–water partition coefficient (Wildman–Crippen LogP) is 2.21. The molecule has 0 radical (unpaired) electrons. The molecule has 0 aliphatic carbocycles. The molecule has 0 amide bonds. The number of piperazine rings is 1. The monoisotopic (exact) mass is 336 g/mol. The van der Waals surface area contributed by atoms with Crippen LogP contribution in [0.25, 0.3) is 0 Å². The van der Waals surface area contributed by atoms with Gasteiger partial charge in [0.2, 0.25) is 5.82 Å². The van der Waals surface area contributed by atoms with E-state index in [9.17, 15) is 10.1 Å². The van der Waals surface area contributed by atoms with E-state index in [0.29, 0.717) is 18.1 Å². The predicted molar refractivity (Wildman–Crippen MR) is 90.6 cm³/mol. The van der Waals surface area contributed by atoms with E-state index < -0.39 is 0 Å². The van der Waals surface area contributed by atoms with Crippen molar-refractivity contribution in [2.45, 2.75) is 27.3 Å². The molecule has 2 aromatic heterocycles. The van der Waals surface area contributed by atoms with Crippen LogP contribution in [0.5, 0.6) is 0 Å². The zero-order valence-electron chi connectivity index (χ0n) is 13.5. The fourth-order valence-electron chi connectivity index (χ4n) is 2.90. The first kappa shape index (κ1) is 15.7. The molecule has 0 saturated carbocycles. The zero-order valence-corrected chi connectivity index (χ0v) is 14.3. The number of nitro groups is 1. The highest BCUT2D eigenvalue weighted by atomic mass is 32.1. The van der Waals surface area contributed by atoms with Gasteiger partial charge in [0.25, 0.3) is 0 Å². The van der Waals surface area contributed by atoms with Crippen LogP contribution in [0.3, 0.4) is 0 Å². The number of hydrogen-bond donors (Lipinski definition) is 0. The highest BCUT2D eigenvalue weighted by Gasteiger charge is 2.31. The zero-order chi connectivity index (χ0) is 16.6. The molecule has 2 aromatic rings. The maximum absolute atomic E-state index is 11.4. The molecule has 3 rings (SSSR count). The van der Waals surface area contributed by atoms with Crippen LogP contribution in [-0.2, 0) is 6.54 Å². The number of aryl methyl sites for hydroxylation is 3. The molecule has 124 valence electrons. The van der Waals surface area contributed by atoms with Gasteiger partial charge in [-0.3, -0.25) is 10.1 Å². The quantitative estimate of drug-likeness (QED) is 0.629. The standard InChI is InChI=1S/C14H20N6O2S/c1-4-19-13(12(20(21)22)11(3)16-19)17-5-7-18(8-6-17)14-15-10(2)9-23-14/h9H,4-8H2,1-3H3. The average Bonchev–Trinajstić information content (AvgIpc) is 3.10. The van der Waals surface area contributed by atoms with Crippen molar-refractivity contribution in [2.24, 2.45) is 0 Å². The van der Waals surface area contributed by atoms with Crippen molar-refractivity contribution in [1.29, 1.82) is 0 Å². The van der Waals surface area contributed by atoms with Crippen molar-refractivity contribution in [2.75, 3.05) is 36.0 Å². The molecule has 0 bridgehead atoms. The van der Waals surface area contributed by atoms with Crippen LogP contribution in [0, 0.1) is 24.0 Å². The molecule has 0 unspecified atom stereocenters. The van der Waals surface area contributed by atoms with Gasteiger partial charge < -0.3 is 9.80 Å². The Morgan fingerprint density at radius 3 is 2.43 bits per heavy atom. The molecular formula is C14H20N6O2S. The Balaban J connectivity index is 1.81. The summed E-state index contributed by atoms with van der Waals surface area (Å²) in [5.41, 5.74) is 1.64. The third-order valence-corrected chi connectivity index (χ3v) is 5.03. The van der Waals surface area contributed by atoms with Crippen LogP contribution in [0.15, 0.2) is 5.38 Å². The van der Waals surface area contributed by atoms with Crippen LogP contribution in [0.1, 0.15) is 18.3 Å². The van der Waals surface area contributed by atoms with E-state index in [1.54, 1.807) is 22.9 Å². The van der Waals surface area contributed by atoms with Gasteiger partial charge in [-0.2, -0.15) is 5.10 Å². The summed E-state index contributed by atoms with van der Waals surface area (Å²) in [4.78, 5) is 19.9. The topological polar surface area (TPSA) is 80.3 Å². The minimum absolute atomic E-state index is 0.130. The minimum Gasteiger partial charge on any atom is -0.348 e. The van der Waals surface area contributed by atoms with Gasteiger partial charge >= 0.3 is 5.69 Å². The summed E-state index contributed by atoms with van der Waals surface area (Å²) in [7, 11) is 0. The maximum Gasteiger partial charge on any atom is 0.333 e. The smallest absolute Gasteiger partial charge is 0.333 e. The summed E-state index contributed by atoms with van der Waals surface area (Å²) < 4.78 is 1.73. The summed E-state index contributed by atoms with van der Waals surface area (Å²) in [6.45, 7) is 9.32. The van der Waals surface area contributed by atoms with E-state index in [0.717, 1.165) is 37.0 Å². The molecule has 3 heterocycles. The van der Waals surface area contributed by atoms with E-state index in [1.165, 1.54) is 0 Å². The van der Waals surface area contributed by atoms with Gasteiger partial charge in [-0.1, -0.05) is 0 Å². The number of nitrogens with zero attached hydrogens (tertiary/aromatic N) is 6. The van der Waals surface area contributed by atoms with Crippen molar-refractivity contribution >= 4 is 28.0 Å². The summed E-state index contributed by atoms with van der Waals surface area (Å²) in [6, 6.07) is 0. The van der Waals surface area contributed by atoms with Crippen LogP contribution in [-0.4, -0.2) is 45.9 Å². The summed E-state index contributed by atoms with van der Waals surface area (Å²) in [5, 5.41) is 18.8. The fraction of sp³-hybridized carbons (Fsp3) is 0.571. The molecular weight excluding hydrogens is 316 g/mol. The Hall–Kier alpha value is -2.16. The van der Waals surface area contributed by atoms with E-state index in [2.05, 4.69) is 19.9 Å². The van der Waals surface area contributed by atoms with Crippen LogP contribution >= 0.6 is 11.3 Å². The van der Waals surface area contributed by atoms with Gasteiger partial charge in [-0.05, 0) is 20.8 Å². The Bertz CT molecular complexity index is 717. The van der Waals surface area contributed by atoms with E-state index >= 15 is 0 Å². The molecule has 0 aromatic carbocycles. The number of thiazole rings is 1. The lowest BCUT2D eigenvalue weighted by molar-refractivity contribution is -0.384. The molecule has 1 fully saturated rings. The second-order valence-corrected chi connectivity index (χ2v) is 6.41. The van der Waals surface area contributed by atoms with Gasteiger partial charge in [0.1, 0.15) is 5.69 Å². The summed E-state index contributed by atoms with van der Waals surface area (Å²) in [6.07, 6.45) is 0. The maximum atomic E-state index is 11.4. The van der Waals surface area contributed by atoms with Crippen molar-refractivity contribution in [3.63, 3.8) is 0 Å². The SMILES string of the molecule is CCn1nc(C)c([N+](=O)[O-])c1N1CCN(c2nc(C)cs2)CC1. The van der Waals surface area contributed by atoms with Crippen LogP contribution in [0.4, 0.5) is 16.6 Å². The normalized spacial score (nSPS) is 15.3. The Labute approximate surface area is 138 Å². The van der Waals surface area contributed by atoms with Crippen LogP contribution in [0.2, 0.25) is 0 Å². The number of hydrogen-bond acceptors (Lipinski definition) is 7. The minimum atomic E-state index is -0.319. The first-order valence-corrected chi connectivity index (χ1v) is 8.53. The average molecular weight is 336 g/mol. The van der Waals surface area contributed by atoms with Gasteiger partial charge in [0.15, 0.2) is 5.13 Å². The Morgan fingerprint density at radius 2 is 1.91 bits per heavy atom. The van der Waals surface area contributed by atoms with Crippen molar-refractivity contribution < 1.29 is 4.92 Å². The summed E-state index contributed by atoms with van der Waals surface area (Å²) >= 11 is 1.64. The molecule has 1 aliphatic rings. The van der Waals surface area contributed by atoms with E-state index in [1.807, 2.05) is 19.2 Å². The van der Waals surface area contributed by atoms with Gasteiger partial charge in [0.05, 0.1) is 10.6 Å². The number of aromatic nitrogens is 3. The Morgan fingerprint density at radius 1 is 1.26 bits per heavy atom. The number of anilines is 2. The van der Waals surface area contributed by atoms with E-state index in [-0.39, 0.29) is 10.6 Å². The lowest BCUT2D eigenvalue weighted by Gasteiger charge is -2.35. The van der Waals surface area contributed by atoms with Crippen molar-refractivity contribution in [1.82, 2.24) is 14.8 Å². The van der Waals surface area contributed by atoms with Gasteiger partial charge in [0, 0.05) is 38.1 Å². The third kappa shape index (κ3) is 2.88. The largest absolute Gasteiger partial charge is 0.348 e.